The van der Waals surface area contributed by atoms with Crippen molar-refractivity contribution in [3.8, 4) is 17.0 Å². The number of carbonyl (C=O) groups excluding carboxylic acids is 4. The lowest BCUT2D eigenvalue weighted by atomic mass is 10.0. The Morgan fingerprint density at radius 3 is 2.12 bits per heavy atom. The first-order chi connectivity index (χ1) is 29.3. The summed E-state index contributed by atoms with van der Waals surface area (Å²) in [5.41, 5.74) is 6.72. The smallest absolute Gasteiger partial charge is 0.262 e. The van der Waals surface area contributed by atoms with E-state index in [0.29, 0.717) is 35.2 Å². The van der Waals surface area contributed by atoms with Gasteiger partial charge in [-0.3, -0.25) is 39.2 Å². The number of piperidine rings is 1. The Bertz CT molecular complexity index is 2570. The molecule has 1 saturated carbocycles. The number of benzene rings is 3. The Hall–Kier alpha value is -6.32. The minimum Gasteiger partial charge on any atom is -0.494 e. The standard InChI is InChI=1S/C45H46N10O5/c1-60-40-21-29(9-11-37(40)48-45-46-15-14-36(47-45)35-26-54(27-6-7-27)38-5-3-2-4-32(35)38)53-24-31(25-53)51-18-16-50(17-19-51)30-22-52(23-30)28-8-10-33-34(20-28)44(59)55(43(33)58)39-12-13-41(56)49-42(39)57/h2-5,8-11,14-15,20-21,26-27,30-31,39H,6-7,12-13,16-19,22-25H2,1H3,(H,46,47,48)(H,49,56,57). The molecular weight excluding hydrogens is 761 g/mol. The molecule has 0 spiro atoms. The molecule has 15 nitrogen and oxygen atoms in total. The third-order valence-corrected chi connectivity index (χ3v) is 13.3. The number of imide groups is 2. The maximum Gasteiger partial charge on any atom is 0.262 e. The molecule has 2 N–H and O–H groups in total. The number of anilines is 4. The lowest BCUT2D eigenvalue weighted by Crippen LogP contribution is -2.67. The van der Waals surface area contributed by atoms with E-state index < -0.39 is 23.8 Å². The Morgan fingerprint density at radius 2 is 1.42 bits per heavy atom. The van der Waals surface area contributed by atoms with Crippen LogP contribution in [0.3, 0.4) is 0 Å². The van der Waals surface area contributed by atoms with Crippen LogP contribution in [-0.2, 0) is 9.59 Å². The molecule has 2 aromatic heterocycles. The summed E-state index contributed by atoms with van der Waals surface area (Å²) in [5.74, 6) is -0.666. The van der Waals surface area contributed by atoms with Gasteiger partial charge in [0, 0.05) is 123 Å². The van der Waals surface area contributed by atoms with Crippen LogP contribution < -0.4 is 25.2 Å². The number of nitrogens with one attached hydrogen (secondary N) is 2. The molecule has 5 aromatic rings. The molecule has 4 saturated heterocycles. The van der Waals surface area contributed by atoms with Gasteiger partial charge in [0.05, 0.1) is 29.6 Å². The summed E-state index contributed by atoms with van der Waals surface area (Å²) in [6.45, 7) is 7.69. The Morgan fingerprint density at radius 1 is 0.733 bits per heavy atom. The summed E-state index contributed by atoms with van der Waals surface area (Å²) in [6.07, 6.45) is 6.73. The van der Waals surface area contributed by atoms with Crippen molar-refractivity contribution in [2.24, 2.45) is 0 Å². The molecule has 4 amide bonds. The molecule has 3 aromatic carbocycles. The first-order valence-electron chi connectivity index (χ1n) is 21.0. The van der Waals surface area contributed by atoms with E-state index in [1.54, 1.807) is 19.2 Å². The summed E-state index contributed by atoms with van der Waals surface area (Å²) in [4.78, 5) is 70.9. The molecule has 11 rings (SSSR count). The van der Waals surface area contributed by atoms with Crippen LogP contribution in [0.2, 0.25) is 0 Å². The van der Waals surface area contributed by atoms with Gasteiger partial charge in [0.25, 0.3) is 11.8 Å². The average Bonchev–Trinajstić information content (AvgIpc) is 3.96. The number of fused-ring (bicyclic) bond motifs is 2. The van der Waals surface area contributed by atoms with Crippen molar-refractivity contribution in [2.75, 3.05) is 74.6 Å². The summed E-state index contributed by atoms with van der Waals surface area (Å²) >= 11 is 0. The van der Waals surface area contributed by atoms with Gasteiger partial charge in [0.1, 0.15) is 11.8 Å². The highest BCUT2D eigenvalue weighted by Crippen LogP contribution is 2.42. The average molecular weight is 807 g/mol. The van der Waals surface area contributed by atoms with E-state index in [-0.39, 0.29) is 18.7 Å². The number of methoxy groups -OCH3 is 1. The summed E-state index contributed by atoms with van der Waals surface area (Å²) < 4.78 is 8.25. The lowest BCUT2D eigenvalue weighted by Gasteiger charge is -2.52. The Balaban J connectivity index is 0.669. The van der Waals surface area contributed by atoms with Gasteiger partial charge in [-0.2, -0.15) is 0 Å². The first-order valence-corrected chi connectivity index (χ1v) is 21.0. The fraction of sp³-hybridized carbons (Fsp3) is 0.378. The molecular formula is C45H46N10O5. The third kappa shape index (κ3) is 6.34. The van der Waals surface area contributed by atoms with E-state index in [1.807, 2.05) is 24.4 Å². The molecule has 15 heteroatoms. The zero-order chi connectivity index (χ0) is 40.6. The minimum absolute atomic E-state index is 0.100. The van der Waals surface area contributed by atoms with Crippen molar-refractivity contribution in [1.82, 2.24) is 34.6 Å². The van der Waals surface area contributed by atoms with Crippen LogP contribution >= 0.6 is 0 Å². The van der Waals surface area contributed by atoms with E-state index in [1.165, 1.54) is 23.7 Å². The Kier molecular flexibility index (Phi) is 8.85. The molecule has 0 bridgehead atoms. The van der Waals surface area contributed by atoms with Crippen molar-refractivity contribution < 1.29 is 23.9 Å². The second kappa shape index (κ2) is 14.4. The van der Waals surface area contributed by atoms with Crippen molar-refractivity contribution in [3.63, 3.8) is 0 Å². The first kappa shape index (κ1) is 36.7. The number of rotatable bonds is 10. The molecule has 1 unspecified atom stereocenters. The maximum absolute atomic E-state index is 13.3. The molecule has 60 heavy (non-hydrogen) atoms. The van der Waals surface area contributed by atoms with Crippen LogP contribution in [-0.4, -0.2) is 130 Å². The lowest BCUT2D eigenvalue weighted by molar-refractivity contribution is -0.136. The second-order valence-electron chi connectivity index (χ2n) is 16.8. The highest BCUT2D eigenvalue weighted by atomic mass is 16.5. The predicted molar refractivity (Wildman–Crippen MR) is 226 cm³/mol. The van der Waals surface area contributed by atoms with E-state index in [2.05, 4.69) is 82.4 Å². The van der Waals surface area contributed by atoms with Gasteiger partial charge >= 0.3 is 0 Å². The Labute approximate surface area is 346 Å². The molecule has 1 aliphatic carbocycles. The maximum atomic E-state index is 13.3. The van der Waals surface area contributed by atoms with Gasteiger partial charge in [-0.25, -0.2) is 9.97 Å². The van der Waals surface area contributed by atoms with Gasteiger partial charge in [-0.05, 0) is 61.7 Å². The number of carbonyl (C=O) groups is 4. The summed E-state index contributed by atoms with van der Waals surface area (Å²) in [6, 6.07) is 22.7. The van der Waals surface area contributed by atoms with Crippen molar-refractivity contribution in [1.29, 1.82) is 0 Å². The van der Waals surface area contributed by atoms with Gasteiger partial charge < -0.3 is 24.4 Å². The predicted octanol–water partition coefficient (Wildman–Crippen LogP) is 4.28. The highest BCUT2D eigenvalue weighted by molar-refractivity contribution is 6.23. The summed E-state index contributed by atoms with van der Waals surface area (Å²) in [5, 5.41) is 6.87. The molecule has 306 valence electrons. The monoisotopic (exact) mass is 806 g/mol. The van der Waals surface area contributed by atoms with Gasteiger partial charge in [-0.15, -0.1) is 0 Å². The summed E-state index contributed by atoms with van der Waals surface area (Å²) in [7, 11) is 1.70. The number of piperazine rings is 1. The van der Waals surface area contributed by atoms with E-state index in [4.69, 9.17) is 9.72 Å². The SMILES string of the molecule is COc1cc(N2CC(N3CCN(C4CN(c5ccc6c(c5)C(=O)N(C5CCC(=O)NC5=O)C6=O)C4)CC3)C2)ccc1Nc1nccc(-c2cn(C3CC3)c3ccccc23)n1. The molecule has 7 heterocycles. The van der Waals surface area contributed by atoms with Crippen LogP contribution in [0.5, 0.6) is 5.75 Å². The highest BCUT2D eigenvalue weighted by Gasteiger charge is 2.45. The number of para-hydroxylation sites is 1. The number of amides is 4. The zero-order valence-corrected chi connectivity index (χ0v) is 33.4. The number of ether oxygens (including phenoxy) is 1. The number of hydrogen-bond acceptors (Lipinski definition) is 12. The van der Waals surface area contributed by atoms with E-state index in [0.717, 1.165) is 91.3 Å². The molecule has 5 fully saturated rings. The fourth-order valence-electron chi connectivity index (χ4n) is 9.65. The van der Waals surface area contributed by atoms with Crippen LogP contribution in [0, 0.1) is 0 Å². The molecule has 0 radical (unpaired) electrons. The van der Waals surface area contributed by atoms with Gasteiger partial charge in [-0.1, -0.05) is 18.2 Å². The van der Waals surface area contributed by atoms with Crippen LogP contribution in [0.15, 0.2) is 79.1 Å². The van der Waals surface area contributed by atoms with Gasteiger partial charge in [0.2, 0.25) is 17.8 Å². The largest absolute Gasteiger partial charge is 0.494 e. The van der Waals surface area contributed by atoms with Crippen LogP contribution in [0.4, 0.5) is 23.0 Å². The van der Waals surface area contributed by atoms with Crippen LogP contribution in [0.25, 0.3) is 22.2 Å². The van der Waals surface area contributed by atoms with Gasteiger partial charge in [0.15, 0.2) is 0 Å². The topological polar surface area (TPSA) is 148 Å². The van der Waals surface area contributed by atoms with Crippen molar-refractivity contribution >= 4 is 57.5 Å². The molecule has 5 aliphatic heterocycles. The van der Waals surface area contributed by atoms with E-state index >= 15 is 0 Å². The molecule has 1 atom stereocenters. The fourth-order valence-corrected chi connectivity index (χ4v) is 9.65. The quantitative estimate of drug-likeness (QED) is 0.194. The third-order valence-electron chi connectivity index (χ3n) is 13.3. The number of aromatic nitrogens is 3. The number of hydrogen-bond donors (Lipinski definition) is 2. The second-order valence-corrected chi connectivity index (χ2v) is 16.8. The van der Waals surface area contributed by atoms with Crippen molar-refractivity contribution in [2.45, 2.75) is 49.9 Å². The number of nitrogens with zero attached hydrogens (tertiary/aromatic N) is 8. The van der Waals surface area contributed by atoms with Crippen molar-refractivity contribution in [3.05, 3.63) is 90.3 Å². The minimum atomic E-state index is -0.963. The normalized spacial score (nSPS) is 21.6. The van der Waals surface area contributed by atoms with Crippen LogP contribution in [0.1, 0.15) is 52.4 Å². The zero-order valence-electron chi connectivity index (χ0n) is 33.4. The van der Waals surface area contributed by atoms with E-state index in [9.17, 15) is 19.2 Å². The molecule has 6 aliphatic rings.